The molecular weight excluding hydrogens is 280 g/mol. The Kier molecular flexibility index (Phi) is 8.44. The lowest BCUT2D eigenvalue weighted by Crippen LogP contribution is -2.13. The van der Waals surface area contributed by atoms with Crippen LogP contribution >= 0.6 is 0 Å². The third-order valence-electron chi connectivity index (χ3n) is 3.87. The monoisotopic (exact) mass is 306 g/mol. The topological polar surface area (TPSA) is 74.6 Å². The number of hydrogen-bond acceptors (Lipinski definition) is 3. The molecule has 1 rings (SSSR count). The number of aliphatic hydroxyl groups excluding tert-OH is 1. The van der Waals surface area contributed by atoms with Gasteiger partial charge in [0.2, 0.25) is 0 Å². The first-order valence-corrected chi connectivity index (χ1v) is 7.99. The molecule has 0 aromatic heterocycles. The summed E-state index contributed by atoms with van der Waals surface area (Å²) < 4.78 is 0. The van der Waals surface area contributed by atoms with Gasteiger partial charge in [-0.2, -0.15) is 0 Å². The average Bonchev–Trinajstić information content (AvgIpc) is 2.84. The fraction of sp³-hybridized carbons (Fsp3) is 0.556. The molecule has 0 radical (unpaired) electrons. The van der Waals surface area contributed by atoms with Crippen molar-refractivity contribution in [2.45, 2.75) is 51.6 Å². The van der Waals surface area contributed by atoms with Crippen molar-refractivity contribution in [2.24, 2.45) is 11.8 Å². The molecule has 0 saturated heterocycles. The van der Waals surface area contributed by atoms with Gasteiger partial charge in [-0.25, -0.2) is 0 Å². The molecule has 22 heavy (non-hydrogen) atoms. The summed E-state index contributed by atoms with van der Waals surface area (Å²) in [6, 6.07) is 0. The predicted octanol–water partition coefficient (Wildman–Crippen LogP) is 3.28. The Morgan fingerprint density at radius 1 is 1.36 bits per heavy atom. The smallest absolute Gasteiger partial charge is 0.303 e. The lowest BCUT2D eigenvalue weighted by molar-refractivity contribution is -0.137. The van der Waals surface area contributed by atoms with Crippen LogP contribution < -0.4 is 0 Å². The van der Waals surface area contributed by atoms with Gasteiger partial charge in [0.1, 0.15) is 0 Å². The van der Waals surface area contributed by atoms with Gasteiger partial charge in [0.05, 0.1) is 6.10 Å². The lowest BCUT2D eigenvalue weighted by Gasteiger charge is -2.12. The maximum absolute atomic E-state index is 11.7. The van der Waals surface area contributed by atoms with E-state index >= 15 is 0 Å². The summed E-state index contributed by atoms with van der Waals surface area (Å²) in [5, 5.41) is 18.4. The van der Waals surface area contributed by atoms with Gasteiger partial charge in [0, 0.05) is 12.3 Å². The molecular formula is C18H26O4. The van der Waals surface area contributed by atoms with Crippen molar-refractivity contribution in [1.29, 1.82) is 0 Å². The minimum atomic E-state index is -0.758. The van der Waals surface area contributed by atoms with Gasteiger partial charge in [0.15, 0.2) is 5.78 Å². The van der Waals surface area contributed by atoms with Crippen LogP contribution in [0.3, 0.4) is 0 Å². The van der Waals surface area contributed by atoms with Crippen LogP contribution in [0.4, 0.5) is 0 Å². The molecule has 0 bridgehead atoms. The summed E-state index contributed by atoms with van der Waals surface area (Å²) in [7, 11) is 0. The van der Waals surface area contributed by atoms with E-state index in [4.69, 9.17) is 5.11 Å². The minimum absolute atomic E-state index is 0.115. The number of allylic oxidation sites excluding steroid dienone is 4. The molecule has 0 spiro atoms. The SMILES string of the molecule is CC[C@H]1C=CC(=O)[C@H]1/C=C/[C@H](O)C/C=C\CCCCC(=O)O. The van der Waals surface area contributed by atoms with Crippen LogP contribution in [-0.4, -0.2) is 28.1 Å². The fourth-order valence-electron chi connectivity index (χ4n) is 2.51. The van der Waals surface area contributed by atoms with E-state index in [9.17, 15) is 14.7 Å². The van der Waals surface area contributed by atoms with Crippen LogP contribution in [0.5, 0.6) is 0 Å². The molecule has 0 amide bonds. The number of aliphatic carboxylic acids is 1. The highest BCUT2D eigenvalue weighted by Crippen LogP contribution is 2.26. The summed E-state index contributed by atoms with van der Waals surface area (Å²) in [6.45, 7) is 2.05. The van der Waals surface area contributed by atoms with Crippen LogP contribution in [0.15, 0.2) is 36.5 Å². The lowest BCUT2D eigenvalue weighted by atomic mass is 9.92. The van der Waals surface area contributed by atoms with Crippen LogP contribution in [-0.2, 0) is 9.59 Å². The second kappa shape index (κ2) is 10.1. The van der Waals surface area contributed by atoms with Crippen LogP contribution in [0.25, 0.3) is 0 Å². The number of unbranched alkanes of at least 4 members (excludes halogenated alkanes) is 2. The quantitative estimate of drug-likeness (QED) is 0.480. The maximum Gasteiger partial charge on any atom is 0.303 e. The summed E-state index contributed by atoms with van der Waals surface area (Å²) in [5.41, 5.74) is 0. The third-order valence-corrected chi connectivity index (χ3v) is 3.87. The molecule has 0 aromatic carbocycles. The zero-order chi connectivity index (χ0) is 16.4. The van der Waals surface area contributed by atoms with Crippen LogP contribution in [0.1, 0.15) is 45.4 Å². The van der Waals surface area contributed by atoms with Gasteiger partial charge in [0.25, 0.3) is 0 Å². The highest BCUT2D eigenvalue weighted by molar-refractivity contribution is 5.95. The zero-order valence-electron chi connectivity index (χ0n) is 13.1. The number of rotatable bonds is 10. The molecule has 0 aromatic rings. The van der Waals surface area contributed by atoms with Gasteiger partial charge < -0.3 is 10.2 Å². The van der Waals surface area contributed by atoms with E-state index in [0.29, 0.717) is 12.8 Å². The van der Waals surface area contributed by atoms with Gasteiger partial charge in [-0.05, 0) is 44.1 Å². The first kappa shape index (κ1) is 18.4. The van der Waals surface area contributed by atoms with Crippen molar-refractivity contribution in [3.05, 3.63) is 36.5 Å². The molecule has 0 fully saturated rings. The van der Waals surface area contributed by atoms with Gasteiger partial charge in [-0.15, -0.1) is 0 Å². The van der Waals surface area contributed by atoms with E-state index in [-0.39, 0.29) is 24.0 Å². The van der Waals surface area contributed by atoms with Crippen LogP contribution in [0, 0.1) is 11.8 Å². The average molecular weight is 306 g/mol. The Hall–Kier alpha value is -1.68. The fourth-order valence-corrected chi connectivity index (χ4v) is 2.51. The highest BCUT2D eigenvalue weighted by atomic mass is 16.4. The van der Waals surface area contributed by atoms with E-state index in [0.717, 1.165) is 19.3 Å². The van der Waals surface area contributed by atoms with Gasteiger partial charge in [-0.3, -0.25) is 9.59 Å². The molecule has 4 nitrogen and oxygen atoms in total. The van der Waals surface area contributed by atoms with Crippen molar-refractivity contribution >= 4 is 11.8 Å². The molecule has 0 aliphatic heterocycles. The molecule has 1 aliphatic carbocycles. The highest BCUT2D eigenvalue weighted by Gasteiger charge is 2.26. The Balaban J connectivity index is 2.22. The number of carboxylic acid groups (broad SMARTS) is 1. The first-order valence-electron chi connectivity index (χ1n) is 7.99. The van der Waals surface area contributed by atoms with Gasteiger partial charge in [-0.1, -0.05) is 37.3 Å². The Morgan fingerprint density at radius 3 is 2.82 bits per heavy atom. The van der Waals surface area contributed by atoms with Crippen LogP contribution in [0.2, 0.25) is 0 Å². The predicted molar refractivity (Wildman–Crippen MR) is 86.4 cm³/mol. The number of aliphatic hydroxyl groups is 1. The van der Waals surface area contributed by atoms with Crippen molar-refractivity contribution in [3.63, 3.8) is 0 Å². The van der Waals surface area contributed by atoms with Crippen molar-refractivity contribution < 1.29 is 19.8 Å². The molecule has 122 valence electrons. The number of carboxylic acids is 1. The molecule has 2 N–H and O–H groups in total. The Morgan fingerprint density at radius 2 is 2.14 bits per heavy atom. The van der Waals surface area contributed by atoms with Crippen molar-refractivity contribution in [1.82, 2.24) is 0 Å². The standard InChI is InChI=1S/C18H26O4/c1-2-14-10-13-17(20)16(14)12-11-15(19)8-6-4-3-5-7-9-18(21)22/h4,6,10-16,19H,2-3,5,7-9H2,1H3,(H,21,22)/b6-4-,12-11+/t14-,15+,16-/m0/s1. The second-order valence-electron chi connectivity index (χ2n) is 5.66. The minimum Gasteiger partial charge on any atom is -0.481 e. The summed E-state index contributed by atoms with van der Waals surface area (Å²) in [6.07, 6.45) is 14.4. The molecule has 0 heterocycles. The number of carbonyl (C=O) groups excluding carboxylic acids is 1. The normalized spacial score (nSPS) is 22.9. The Labute approximate surface area is 132 Å². The van der Waals surface area contributed by atoms with E-state index in [1.807, 2.05) is 24.3 Å². The maximum atomic E-state index is 11.7. The third kappa shape index (κ3) is 6.85. The molecule has 0 saturated carbocycles. The number of carbonyl (C=O) groups is 2. The number of hydrogen-bond donors (Lipinski definition) is 2. The van der Waals surface area contributed by atoms with E-state index in [1.165, 1.54) is 0 Å². The van der Waals surface area contributed by atoms with E-state index in [2.05, 4.69) is 6.92 Å². The Bertz CT molecular complexity index is 448. The van der Waals surface area contributed by atoms with E-state index in [1.54, 1.807) is 12.2 Å². The summed E-state index contributed by atoms with van der Waals surface area (Å²) >= 11 is 0. The molecule has 1 aliphatic rings. The molecule has 3 atom stereocenters. The molecule has 0 unspecified atom stereocenters. The summed E-state index contributed by atoms with van der Waals surface area (Å²) in [5.74, 6) is -0.518. The molecule has 4 heteroatoms. The first-order chi connectivity index (χ1) is 10.5. The zero-order valence-corrected chi connectivity index (χ0v) is 13.1. The summed E-state index contributed by atoms with van der Waals surface area (Å²) in [4.78, 5) is 22.0. The number of ketones is 1. The largest absolute Gasteiger partial charge is 0.481 e. The van der Waals surface area contributed by atoms with Gasteiger partial charge >= 0.3 is 5.97 Å². The van der Waals surface area contributed by atoms with E-state index < -0.39 is 12.1 Å². The second-order valence-corrected chi connectivity index (χ2v) is 5.66. The van der Waals surface area contributed by atoms with Crippen molar-refractivity contribution in [3.8, 4) is 0 Å². The van der Waals surface area contributed by atoms with Crippen molar-refractivity contribution in [2.75, 3.05) is 0 Å².